The van der Waals surface area contributed by atoms with Gasteiger partial charge in [-0.1, -0.05) is 79.1 Å². The van der Waals surface area contributed by atoms with E-state index in [-0.39, 0.29) is 0 Å². The summed E-state index contributed by atoms with van der Waals surface area (Å²) in [7, 11) is 0. The Morgan fingerprint density at radius 1 is 0.562 bits per heavy atom. The van der Waals surface area contributed by atoms with E-state index in [0.29, 0.717) is 5.41 Å². The van der Waals surface area contributed by atoms with Crippen molar-refractivity contribution in [2.45, 2.75) is 98.3 Å². The number of hydrogen-bond acceptors (Lipinski definition) is 0. The first-order valence-corrected chi connectivity index (χ1v) is 7.68. The Hall–Kier alpha value is 0. The van der Waals surface area contributed by atoms with E-state index in [4.69, 9.17) is 0 Å². The van der Waals surface area contributed by atoms with Crippen LogP contribution in [0.2, 0.25) is 0 Å². The summed E-state index contributed by atoms with van der Waals surface area (Å²) in [4.78, 5) is 0. The summed E-state index contributed by atoms with van der Waals surface area (Å²) >= 11 is 0. The van der Waals surface area contributed by atoms with E-state index in [2.05, 4.69) is 27.7 Å². The highest BCUT2D eigenvalue weighted by Gasteiger charge is 2.21. The minimum absolute atomic E-state index is 0.647. The van der Waals surface area contributed by atoms with Gasteiger partial charge in [-0.25, -0.2) is 0 Å². The van der Waals surface area contributed by atoms with E-state index in [9.17, 15) is 0 Å². The van der Waals surface area contributed by atoms with Crippen LogP contribution >= 0.6 is 0 Å². The van der Waals surface area contributed by atoms with E-state index < -0.39 is 0 Å². The summed E-state index contributed by atoms with van der Waals surface area (Å²) in [6.45, 7) is 9.45. The molecule has 0 aromatic heterocycles. The first-order chi connectivity index (χ1) is 7.68. The zero-order chi connectivity index (χ0) is 12.3. The molecule has 98 valence electrons. The third-order valence-electron chi connectivity index (χ3n) is 3.84. The topological polar surface area (TPSA) is 0 Å². The molecule has 0 N–H and O–H groups in total. The molecule has 0 atom stereocenters. The largest absolute Gasteiger partial charge is 0.0654 e. The normalized spacial score (nSPS) is 12.0. The SMILES string of the molecule is CCCCCCCCC(C)(CCC)CCC. The van der Waals surface area contributed by atoms with Crippen molar-refractivity contribution < 1.29 is 0 Å². The van der Waals surface area contributed by atoms with Crippen LogP contribution in [0.3, 0.4) is 0 Å². The molecule has 0 aliphatic heterocycles. The summed E-state index contributed by atoms with van der Waals surface area (Å²) in [5, 5.41) is 0. The summed E-state index contributed by atoms with van der Waals surface area (Å²) in [5.41, 5.74) is 0.647. The van der Waals surface area contributed by atoms with Crippen molar-refractivity contribution in [2.75, 3.05) is 0 Å². The summed E-state index contributed by atoms with van der Waals surface area (Å²) in [6.07, 6.45) is 15.6. The molecule has 0 rings (SSSR count). The highest BCUT2D eigenvalue weighted by Crippen LogP contribution is 2.34. The van der Waals surface area contributed by atoms with Gasteiger partial charge in [0.2, 0.25) is 0 Å². The van der Waals surface area contributed by atoms with E-state index in [1.807, 2.05) is 0 Å². The first-order valence-electron chi connectivity index (χ1n) is 7.68. The predicted octanol–water partition coefficient (Wildman–Crippen LogP) is 6.34. The van der Waals surface area contributed by atoms with Crippen LogP contribution in [0.5, 0.6) is 0 Å². The molecule has 0 unspecified atom stereocenters. The number of rotatable bonds is 11. The van der Waals surface area contributed by atoms with Crippen LogP contribution in [0.15, 0.2) is 0 Å². The van der Waals surface area contributed by atoms with Crippen LogP contribution in [0.1, 0.15) is 98.3 Å². The lowest BCUT2D eigenvalue weighted by molar-refractivity contribution is 0.235. The lowest BCUT2D eigenvalue weighted by atomic mass is 9.77. The van der Waals surface area contributed by atoms with Gasteiger partial charge in [-0.05, 0) is 24.7 Å². The molecule has 0 radical (unpaired) electrons. The summed E-state index contributed by atoms with van der Waals surface area (Å²) in [6, 6.07) is 0. The molecule has 0 spiro atoms. The molecule has 0 heterocycles. The van der Waals surface area contributed by atoms with Gasteiger partial charge in [0.1, 0.15) is 0 Å². The highest BCUT2D eigenvalue weighted by atomic mass is 14.3. The van der Waals surface area contributed by atoms with Gasteiger partial charge in [-0.3, -0.25) is 0 Å². The van der Waals surface area contributed by atoms with Crippen LogP contribution < -0.4 is 0 Å². The Bertz CT molecular complexity index is 131. The predicted molar refractivity (Wildman–Crippen MR) is 75.9 cm³/mol. The smallest absolute Gasteiger partial charge is 0.0326 e. The molecular weight excluding hydrogens is 192 g/mol. The van der Waals surface area contributed by atoms with Gasteiger partial charge in [-0.2, -0.15) is 0 Å². The monoisotopic (exact) mass is 226 g/mol. The fourth-order valence-corrected chi connectivity index (χ4v) is 2.91. The molecule has 0 aromatic carbocycles. The van der Waals surface area contributed by atoms with Gasteiger partial charge in [0.25, 0.3) is 0 Å². The van der Waals surface area contributed by atoms with Crippen molar-refractivity contribution in [3.63, 3.8) is 0 Å². The second kappa shape index (κ2) is 10.2. The van der Waals surface area contributed by atoms with Crippen LogP contribution in [-0.2, 0) is 0 Å². The second-order valence-electron chi connectivity index (χ2n) is 5.83. The van der Waals surface area contributed by atoms with Crippen molar-refractivity contribution in [1.82, 2.24) is 0 Å². The average Bonchev–Trinajstić information content (AvgIpc) is 2.24. The molecule has 0 aliphatic rings. The van der Waals surface area contributed by atoms with Gasteiger partial charge in [0, 0.05) is 0 Å². The van der Waals surface area contributed by atoms with Gasteiger partial charge in [0.05, 0.1) is 0 Å². The lowest BCUT2D eigenvalue weighted by Gasteiger charge is -2.29. The fraction of sp³-hybridized carbons (Fsp3) is 1.00. The van der Waals surface area contributed by atoms with Crippen LogP contribution in [0.4, 0.5) is 0 Å². The van der Waals surface area contributed by atoms with E-state index in [1.165, 1.54) is 70.6 Å². The third kappa shape index (κ3) is 8.19. The van der Waals surface area contributed by atoms with Crippen molar-refractivity contribution in [1.29, 1.82) is 0 Å². The number of hydrogen-bond donors (Lipinski definition) is 0. The maximum absolute atomic E-state index is 2.51. The van der Waals surface area contributed by atoms with Crippen molar-refractivity contribution >= 4 is 0 Å². The number of unbranched alkanes of at least 4 members (excludes halogenated alkanes) is 5. The molecule has 0 saturated heterocycles. The molecule has 0 saturated carbocycles. The molecule has 0 heteroatoms. The fourth-order valence-electron chi connectivity index (χ4n) is 2.91. The lowest BCUT2D eigenvalue weighted by Crippen LogP contribution is -2.15. The van der Waals surface area contributed by atoms with Gasteiger partial charge < -0.3 is 0 Å². The zero-order valence-electron chi connectivity index (χ0n) is 12.3. The van der Waals surface area contributed by atoms with Crippen molar-refractivity contribution in [3.05, 3.63) is 0 Å². The molecule has 0 nitrogen and oxygen atoms in total. The average molecular weight is 226 g/mol. The Labute approximate surface area is 104 Å². The van der Waals surface area contributed by atoms with Gasteiger partial charge in [0.15, 0.2) is 0 Å². The zero-order valence-corrected chi connectivity index (χ0v) is 12.3. The third-order valence-corrected chi connectivity index (χ3v) is 3.84. The van der Waals surface area contributed by atoms with Gasteiger partial charge in [-0.15, -0.1) is 0 Å². The molecule has 0 aliphatic carbocycles. The minimum atomic E-state index is 0.647. The molecule has 0 fully saturated rings. The maximum Gasteiger partial charge on any atom is -0.0326 e. The molecule has 0 bridgehead atoms. The van der Waals surface area contributed by atoms with E-state index >= 15 is 0 Å². The van der Waals surface area contributed by atoms with Crippen LogP contribution in [-0.4, -0.2) is 0 Å². The second-order valence-corrected chi connectivity index (χ2v) is 5.83. The van der Waals surface area contributed by atoms with Crippen LogP contribution in [0.25, 0.3) is 0 Å². The molecule has 0 aromatic rings. The van der Waals surface area contributed by atoms with Crippen molar-refractivity contribution in [3.8, 4) is 0 Å². The standard InChI is InChI=1S/C16H34/c1-5-8-9-10-11-12-15-16(4,13-6-2)14-7-3/h5-15H2,1-4H3. The Morgan fingerprint density at radius 3 is 1.56 bits per heavy atom. The van der Waals surface area contributed by atoms with E-state index in [1.54, 1.807) is 0 Å². The summed E-state index contributed by atoms with van der Waals surface area (Å²) in [5.74, 6) is 0. The van der Waals surface area contributed by atoms with Crippen LogP contribution in [0, 0.1) is 5.41 Å². The quantitative estimate of drug-likeness (QED) is 0.360. The highest BCUT2D eigenvalue weighted by molar-refractivity contribution is 4.73. The molecular formula is C16H34. The molecule has 16 heavy (non-hydrogen) atoms. The Kier molecular flexibility index (Phi) is 10.2. The first kappa shape index (κ1) is 16.0. The Balaban J connectivity index is 3.59. The van der Waals surface area contributed by atoms with Gasteiger partial charge >= 0.3 is 0 Å². The van der Waals surface area contributed by atoms with Crippen molar-refractivity contribution in [2.24, 2.45) is 5.41 Å². The maximum atomic E-state index is 2.51. The molecule has 0 amide bonds. The minimum Gasteiger partial charge on any atom is -0.0654 e. The Morgan fingerprint density at radius 2 is 1.06 bits per heavy atom. The summed E-state index contributed by atoms with van der Waals surface area (Å²) < 4.78 is 0. The van der Waals surface area contributed by atoms with E-state index in [0.717, 1.165) is 0 Å².